The highest BCUT2D eigenvalue weighted by atomic mass is 127. The van der Waals surface area contributed by atoms with Gasteiger partial charge in [-0.1, -0.05) is 29.8 Å². The van der Waals surface area contributed by atoms with Crippen LogP contribution in [0.5, 0.6) is 0 Å². The summed E-state index contributed by atoms with van der Waals surface area (Å²) in [5.41, 5.74) is 3.27. The summed E-state index contributed by atoms with van der Waals surface area (Å²) < 4.78 is 20.1. The fourth-order valence-corrected chi connectivity index (χ4v) is 3.68. The molecule has 5 nitrogen and oxygen atoms in total. The van der Waals surface area contributed by atoms with Gasteiger partial charge in [0.15, 0.2) is 5.96 Å². The van der Waals surface area contributed by atoms with Gasteiger partial charge in [-0.3, -0.25) is 0 Å². The van der Waals surface area contributed by atoms with E-state index in [1.54, 1.807) is 6.07 Å². The average Bonchev–Trinajstić information content (AvgIpc) is 2.77. The van der Waals surface area contributed by atoms with Crippen LogP contribution in [0.2, 0.25) is 0 Å². The van der Waals surface area contributed by atoms with Crippen LogP contribution in [0.15, 0.2) is 47.5 Å². The Balaban J connectivity index is 0.00000341. The predicted molar refractivity (Wildman–Crippen MR) is 132 cm³/mol. The van der Waals surface area contributed by atoms with Gasteiger partial charge in [0.25, 0.3) is 0 Å². The molecule has 0 bridgehead atoms. The average molecular weight is 536 g/mol. The Morgan fingerprint density at radius 1 is 1.23 bits per heavy atom. The second-order valence-electron chi connectivity index (χ2n) is 7.60. The molecule has 0 aromatic heterocycles. The Morgan fingerprint density at radius 3 is 2.71 bits per heavy atom. The van der Waals surface area contributed by atoms with Crippen molar-refractivity contribution in [3.05, 3.63) is 70.5 Å². The van der Waals surface area contributed by atoms with E-state index in [9.17, 15) is 4.39 Å². The number of nitriles is 1. The number of nitrogens with one attached hydrogen (secondary N) is 2. The monoisotopic (exact) mass is 536 g/mol. The molecular weight excluding hydrogens is 506 g/mol. The lowest BCUT2D eigenvalue weighted by Crippen LogP contribution is -2.42. The first kappa shape index (κ1) is 25.1. The van der Waals surface area contributed by atoms with E-state index in [0.717, 1.165) is 19.4 Å². The Bertz CT molecular complexity index is 911. The maximum absolute atomic E-state index is 14.1. The zero-order valence-electron chi connectivity index (χ0n) is 18.0. The van der Waals surface area contributed by atoms with E-state index in [4.69, 9.17) is 10.00 Å². The van der Waals surface area contributed by atoms with E-state index in [1.165, 1.54) is 23.3 Å². The van der Waals surface area contributed by atoms with Crippen molar-refractivity contribution in [3.63, 3.8) is 0 Å². The van der Waals surface area contributed by atoms with Gasteiger partial charge in [-0.05, 0) is 50.5 Å². The molecule has 2 atom stereocenters. The third-order valence-corrected chi connectivity index (χ3v) is 5.31. The summed E-state index contributed by atoms with van der Waals surface area (Å²) in [4.78, 5) is 4.52. The van der Waals surface area contributed by atoms with Gasteiger partial charge in [0, 0.05) is 31.2 Å². The number of aliphatic imine (C=N–C) groups is 1. The summed E-state index contributed by atoms with van der Waals surface area (Å²) in [5.74, 6) is 0.602. The molecule has 31 heavy (non-hydrogen) atoms. The predicted octanol–water partition coefficient (Wildman–Crippen LogP) is 4.85. The molecule has 0 spiro atoms. The molecule has 1 aliphatic rings. The van der Waals surface area contributed by atoms with Gasteiger partial charge in [0.2, 0.25) is 0 Å². The molecule has 2 aromatic carbocycles. The first-order valence-corrected chi connectivity index (χ1v) is 10.5. The molecule has 7 heteroatoms. The third-order valence-electron chi connectivity index (χ3n) is 5.31. The lowest BCUT2D eigenvalue weighted by molar-refractivity contribution is -0.0265. The summed E-state index contributed by atoms with van der Waals surface area (Å²) in [7, 11) is 0. The standard InChI is InChI=1S/C24H29FN4O.HI/c1-3-27-24(29-16-21-13-18(14-26)8-11-22(21)25)28-15-20-5-4-12-30-23(20)19-9-6-17(2)7-10-19;/h6-11,13,20,23H,3-5,12,15-16H2,1-2H3,(H2,27,28,29);1H. The molecule has 1 saturated heterocycles. The third kappa shape index (κ3) is 7.18. The Hall–Kier alpha value is -2.18. The Kier molecular flexibility index (Phi) is 10.2. The van der Waals surface area contributed by atoms with Gasteiger partial charge in [0.1, 0.15) is 5.82 Å². The molecule has 1 fully saturated rings. The minimum Gasteiger partial charge on any atom is -0.373 e. The van der Waals surface area contributed by atoms with Crippen molar-refractivity contribution >= 4 is 29.9 Å². The van der Waals surface area contributed by atoms with Crippen LogP contribution in [0, 0.1) is 30.0 Å². The second-order valence-corrected chi connectivity index (χ2v) is 7.60. The molecule has 0 amide bonds. The molecule has 2 unspecified atom stereocenters. The van der Waals surface area contributed by atoms with Gasteiger partial charge in [-0.25, -0.2) is 9.38 Å². The molecule has 1 aliphatic heterocycles. The van der Waals surface area contributed by atoms with Crippen LogP contribution in [0.1, 0.15) is 48.1 Å². The summed E-state index contributed by atoms with van der Waals surface area (Å²) in [6.07, 6.45) is 2.16. The number of nitrogens with zero attached hydrogens (tertiary/aromatic N) is 2. The fourth-order valence-electron chi connectivity index (χ4n) is 3.68. The van der Waals surface area contributed by atoms with Crippen molar-refractivity contribution in [2.45, 2.75) is 39.3 Å². The number of aryl methyl sites for hydroxylation is 1. The molecule has 1 heterocycles. The maximum atomic E-state index is 14.1. The summed E-state index contributed by atoms with van der Waals surface area (Å²) in [5, 5.41) is 15.6. The SMILES string of the molecule is CCNC(=NCc1cc(C#N)ccc1F)NCC1CCCOC1c1ccc(C)cc1.I. The maximum Gasteiger partial charge on any atom is 0.191 e. The van der Waals surface area contributed by atoms with Crippen molar-refractivity contribution in [1.82, 2.24) is 10.6 Å². The van der Waals surface area contributed by atoms with Crippen molar-refractivity contribution in [1.29, 1.82) is 5.26 Å². The quantitative estimate of drug-likeness (QED) is 0.315. The summed E-state index contributed by atoms with van der Waals surface area (Å²) >= 11 is 0. The zero-order valence-corrected chi connectivity index (χ0v) is 20.4. The molecule has 0 saturated carbocycles. The van der Waals surface area contributed by atoms with Crippen LogP contribution >= 0.6 is 24.0 Å². The van der Waals surface area contributed by atoms with Gasteiger partial charge in [-0.15, -0.1) is 24.0 Å². The number of hydrogen-bond donors (Lipinski definition) is 2. The molecule has 3 rings (SSSR count). The van der Waals surface area contributed by atoms with Crippen molar-refractivity contribution in [2.24, 2.45) is 10.9 Å². The van der Waals surface area contributed by atoms with E-state index in [1.807, 2.05) is 13.0 Å². The van der Waals surface area contributed by atoms with E-state index < -0.39 is 0 Å². The second kappa shape index (κ2) is 12.6. The normalized spacial score (nSPS) is 18.6. The van der Waals surface area contributed by atoms with E-state index in [0.29, 0.717) is 36.1 Å². The number of rotatable bonds is 6. The first-order valence-electron chi connectivity index (χ1n) is 10.5. The van der Waals surface area contributed by atoms with Crippen LogP contribution in [0.25, 0.3) is 0 Å². The van der Waals surface area contributed by atoms with Crippen LogP contribution in [0.3, 0.4) is 0 Å². The lowest BCUT2D eigenvalue weighted by atomic mass is 9.89. The van der Waals surface area contributed by atoms with Crippen molar-refractivity contribution < 1.29 is 9.13 Å². The van der Waals surface area contributed by atoms with Crippen LogP contribution < -0.4 is 10.6 Å². The number of guanidine groups is 1. The fraction of sp³-hybridized carbons (Fsp3) is 0.417. The van der Waals surface area contributed by atoms with Crippen LogP contribution in [-0.4, -0.2) is 25.7 Å². The summed E-state index contributed by atoms with van der Waals surface area (Å²) in [6.45, 7) is 6.43. The highest BCUT2D eigenvalue weighted by Gasteiger charge is 2.27. The molecular formula is C24H30FIN4O. The molecule has 166 valence electrons. The van der Waals surface area contributed by atoms with Crippen molar-refractivity contribution in [2.75, 3.05) is 19.7 Å². The van der Waals surface area contributed by atoms with Gasteiger partial charge >= 0.3 is 0 Å². The highest BCUT2D eigenvalue weighted by molar-refractivity contribution is 14.0. The first-order chi connectivity index (χ1) is 14.6. The minimum atomic E-state index is -0.353. The minimum absolute atomic E-state index is 0. The topological polar surface area (TPSA) is 69.4 Å². The van der Waals surface area contributed by atoms with E-state index in [-0.39, 0.29) is 42.4 Å². The smallest absolute Gasteiger partial charge is 0.191 e. The van der Waals surface area contributed by atoms with Gasteiger partial charge in [0.05, 0.1) is 24.3 Å². The lowest BCUT2D eigenvalue weighted by Gasteiger charge is -2.32. The largest absolute Gasteiger partial charge is 0.373 e. The Morgan fingerprint density at radius 2 is 2.00 bits per heavy atom. The molecule has 2 N–H and O–H groups in total. The number of benzene rings is 2. The zero-order chi connectivity index (χ0) is 21.3. The van der Waals surface area contributed by atoms with Crippen LogP contribution in [0.4, 0.5) is 4.39 Å². The number of hydrogen-bond acceptors (Lipinski definition) is 3. The van der Waals surface area contributed by atoms with Crippen molar-refractivity contribution in [3.8, 4) is 6.07 Å². The highest BCUT2D eigenvalue weighted by Crippen LogP contribution is 2.33. The number of ether oxygens (including phenoxy) is 1. The van der Waals surface area contributed by atoms with E-state index >= 15 is 0 Å². The van der Waals surface area contributed by atoms with Crippen LogP contribution in [-0.2, 0) is 11.3 Å². The molecule has 2 aromatic rings. The molecule has 0 aliphatic carbocycles. The Labute approximate surface area is 201 Å². The van der Waals surface area contributed by atoms with Gasteiger partial charge in [-0.2, -0.15) is 5.26 Å². The summed E-state index contributed by atoms with van der Waals surface area (Å²) in [6, 6.07) is 14.9. The van der Waals surface area contributed by atoms with E-state index in [2.05, 4.69) is 46.8 Å². The molecule has 0 radical (unpaired) electrons. The van der Waals surface area contributed by atoms with Gasteiger partial charge < -0.3 is 15.4 Å². The number of halogens is 2.